The molecule has 0 saturated heterocycles. The molecule has 3 aromatic rings. The molecule has 3 rings (SSSR count). The second-order valence-electron chi connectivity index (χ2n) is 4.44. The summed E-state index contributed by atoms with van der Waals surface area (Å²) in [6, 6.07) is 8.09. The standard InChI is InChI=1S/C14H16N4O/c1-3-9-8-10(4-2)18(17-9)14-16-13-11(15)6-5-7-12(13)19-14/h5-8H,3-4,15H2,1-2H3. The summed E-state index contributed by atoms with van der Waals surface area (Å²) < 4.78 is 7.51. The number of rotatable bonds is 3. The summed E-state index contributed by atoms with van der Waals surface area (Å²) in [5.74, 6) is 0. The number of benzene rings is 1. The van der Waals surface area contributed by atoms with Crippen LogP contribution >= 0.6 is 0 Å². The van der Waals surface area contributed by atoms with Crippen LogP contribution in [-0.4, -0.2) is 14.8 Å². The summed E-state index contributed by atoms with van der Waals surface area (Å²) in [5, 5.41) is 4.51. The highest BCUT2D eigenvalue weighted by atomic mass is 16.4. The largest absolute Gasteiger partial charge is 0.422 e. The second kappa shape index (κ2) is 4.42. The van der Waals surface area contributed by atoms with Crippen LogP contribution in [0.25, 0.3) is 17.1 Å². The van der Waals surface area contributed by atoms with Gasteiger partial charge in [0.2, 0.25) is 0 Å². The number of anilines is 1. The van der Waals surface area contributed by atoms with E-state index in [1.807, 2.05) is 18.2 Å². The number of hydrogen-bond donors (Lipinski definition) is 1. The number of oxazole rings is 1. The zero-order valence-electron chi connectivity index (χ0n) is 11.1. The molecule has 98 valence electrons. The van der Waals surface area contributed by atoms with Gasteiger partial charge in [0.15, 0.2) is 5.58 Å². The Bertz CT molecular complexity index is 726. The third-order valence-electron chi connectivity index (χ3n) is 3.18. The number of aryl methyl sites for hydroxylation is 2. The van der Waals surface area contributed by atoms with E-state index in [-0.39, 0.29) is 0 Å². The van der Waals surface area contributed by atoms with Gasteiger partial charge in [-0.1, -0.05) is 19.9 Å². The van der Waals surface area contributed by atoms with Crippen LogP contribution in [0.15, 0.2) is 28.7 Å². The fourth-order valence-electron chi connectivity index (χ4n) is 2.11. The first kappa shape index (κ1) is 11.8. The predicted octanol–water partition coefficient (Wildman–Crippen LogP) is 2.72. The molecule has 0 atom stereocenters. The molecule has 2 N–H and O–H groups in total. The molecular weight excluding hydrogens is 240 g/mol. The van der Waals surface area contributed by atoms with E-state index in [0.717, 1.165) is 24.2 Å². The average Bonchev–Trinajstić information content (AvgIpc) is 3.02. The van der Waals surface area contributed by atoms with Gasteiger partial charge in [0.1, 0.15) is 5.52 Å². The number of hydrogen-bond acceptors (Lipinski definition) is 4. The lowest BCUT2D eigenvalue weighted by molar-refractivity contribution is 0.533. The van der Waals surface area contributed by atoms with Crippen molar-refractivity contribution >= 4 is 16.8 Å². The number of nitrogen functional groups attached to an aromatic ring is 1. The molecule has 5 heteroatoms. The lowest BCUT2D eigenvalue weighted by atomic mass is 10.3. The first-order valence-electron chi connectivity index (χ1n) is 6.46. The molecule has 5 nitrogen and oxygen atoms in total. The summed E-state index contributed by atoms with van der Waals surface area (Å²) >= 11 is 0. The van der Waals surface area contributed by atoms with Crippen LogP contribution in [0, 0.1) is 0 Å². The minimum atomic E-state index is 0.476. The minimum Gasteiger partial charge on any atom is -0.422 e. The Morgan fingerprint density at radius 3 is 2.79 bits per heavy atom. The molecule has 1 aromatic carbocycles. The van der Waals surface area contributed by atoms with Crippen molar-refractivity contribution in [3.63, 3.8) is 0 Å². The fourth-order valence-corrected chi connectivity index (χ4v) is 2.11. The second-order valence-corrected chi connectivity index (χ2v) is 4.44. The molecular formula is C14H16N4O. The molecule has 0 amide bonds. The number of fused-ring (bicyclic) bond motifs is 1. The van der Waals surface area contributed by atoms with E-state index in [1.54, 1.807) is 4.68 Å². The predicted molar refractivity (Wildman–Crippen MR) is 74.3 cm³/mol. The fraction of sp³-hybridized carbons (Fsp3) is 0.286. The van der Waals surface area contributed by atoms with Crippen molar-refractivity contribution in [2.75, 3.05) is 5.73 Å². The van der Waals surface area contributed by atoms with Gasteiger partial charge in [0, 0.05) is 5.69 Å². The third-order valence-corrected chi connectivity index (χ3v) is 3.18. The Morgan fingerprint density at radius 1 is 1.26 bits per heavy atom. The topological polar surface area (TPSA) is 69.9 Å². The summed E-state index contributed by atoms with van der Waals surface area (Å²) in [7, 11) is 0. The van der Waals surface area contributed by atoms with Gasteiger partial charge in [-0.3, -0.25) is 0 Å². The lowest BCUT2D eigenvalue weighted by Gasteiger charge is -1.98. The summed E-state index contributed by atoms with van der Waals surface area (Å²) in [4.78, 5) is 4.45. The number of para-hydroxylation sites is 1. The van der Waals surface area contributed by atoms with Gasteiger partial charge in [0.05, 0.1) is 11.4 Å². The molecule has 0 bridgehead atoms. The minimum absolute atomic E-state index is 0.476. The van der Waals surface area contributed by atoms with Crippen molar-refractivity contribution in [2.45, 2.75) is 26.7 Å². The van der Waals surface area contributed by atoms with Crippen LogP contribution in [0.2, 0.25) is 0 Å². The highest BCUT2D eigenvalue weighted by molar-refractivity contribution is 5.85. The molecule has 0 unspecified atom stereocenters. The van der Waals surface area contributed by atoms with E-state index in [9.17, 15) is 0 Å². The maximum Gasteiger partial charge on any atom is 0.324 e. The van der Waals surface area contributed by atoms with Crippen molar-refractivity contribution in [1.82, 2.24) is 14.8 Å². The molecule has 19 heavy (non-hydrogen) atoms. The average molecular weight is 256 g/mol. The van der Waals surface area contributed by atoms with Gasteiger partial charge < -0.3 is 10.2 Å². The highest BCUT2D eigenvalue weighted by Gasteiger charge is 2.14. The van der Waals surface area contributed by atoms with Crippen LogP contribution in [0.4, 0.5) is 5.69 Å². The maximum absolute atomic E-state index is 5.90. The summed E-state index contributed by atoms with van der Waals surface area (Å²) in [5.41, 5.74) is 10.0. The van der Waals surface area contributed by atoms with Crippen LogP contribution in [0.1, 0.15) is 25.2 Å². The maximum atomic E-state index is 5.90. The molecule has 2 heterocycles. The number of nitrogens with two attached hydrogens (primary N) is 1. The van der Waals surface area contributed by atoms with Crippen molar-refractivity contribution < 1.29 is 4.42 Å². The van der Waals surface area contributed by atoms with Gasteiger partial charge in [-0.2, -0.15) is 14.8 Å². The van der Waals surface area contributed by atoms with E-state index >= 15 is 0 Å². The first-order valence-corrected chi connectivity index (χ1v) is 6.46. The Hall–Kier alpha value is -2.30. The Morgan fingerprint density at radius 2 is 2.11 bits per heavy atom. The molecule has 0 saturated carbocycles. The monoisotopic (exact) mass is 256 g/mol. The highest BCUT2D eigenvalue weighted by Crippen LogP contribution is 2.24. The van der Waals surface area contributed by atoms with Crippen molar-refractivity contribution in [3.8, 4) is 6.01 Å². The Labute approximate surface area is 111 Å². The Balaban J connectivity index is 2.18. The molecule has 0 radical (unpaired) electrons. The molecule has 0 fully saturated rings. The van der Waals surface area contributed by atoms with Gasteiger partial charge in [-0.05, 0) is 31.0 Å². The van der Waals surface area contributed by atoms with Crippen molar-refractivity contribution in [2.24, 2.45) is 0 Å². The van der Waals surface area contributed by atoms with Crippen LogP contribution in [0.3, 0.4) is 0 Å². The quantitative estimate of drug-likeness (QED) is 0.731. The lowest BCUT2D eigenvalue weighted by Crippen LogP contribution is -2.01. The van der Waals surface area contributed by atoms with E-state index < -0.39 is 0 Å². The van der Waals surface area contributed by atoms with Crippen molar-refractivity contribution in [3.05, 3.63) is 35.7 Å². The molecule has 0 aliphatic carbocycles. The molecule has 0 aliphatic heterocycles. The molecule has 0 spiro atoms. The normalized spacial score (nSPS) is 11.3. The summed E-state index contributed by atoms with van der Waals surface area (Å²) in [6.45, 7) is 4.17. The molecule has 0 aliphatic rings. The van der Waals surface area contributed by atoms with E-state index in [4.69, 9.17) is 10.2 Å². The van der Waals surface area contributed by atoms with E-state index in [2.05, 4.69) is 30.0 Å². The summed E-state index contributed by atoms with van der Waals surface area (Å²) in [6.07, 6.45) is 1.77. The van der Waals surface area contributed by atoms with Gasteiger partial charge in [0.25, 0.3) is 0 Å². The van der Waals surface area contributed by atoms with Gasteiger partial charge in [-0.15, -0.1) is 0 Å². The van der Waals surface area contributed by atoms with Crippen molar-refractivity contribution in [1.29, 1.82) is 0 Å². The first-order chi connectivity index (χ1) is 9.22. The van der Waals surface area contributed by atoms with Gasteiger partial charge >= 0.3 is 6.01 Å². The van der Waals surface area contributed by atoms with Gasteiger partial charge in [-0.25, -0.2) is 0 Å². The Kier molecular flexibility index (Phi) is 2.74. The number of aromatic nitrogens is 3. The van der Waals surface area contributed by atoms with E-state index in [1.165, 1.54) is 0 Å². The zero-order valence-corrected chi connectivity index (χ0v) is 11.1. The zero-order chi connectivity index (χ0) is 13.4. The van der Waals surface area contributed by atoms with Crippen LogP contribution in [-0.2, 0) is 12.8 Å². The van der Waals surface area contributed by atoms with E-state index in [0.29, 0.717) is 22.8 Å². The molecule has 2 aromatic heterocycles. The SMILES string of the molecule is CCc1cc(CC)n(-c2nc3c(N)cccc3o2)n1. The van der Waals surface area contributed by atoms with Crippen LogP contribution in [0.5, 0.6) is 0 Å². The van der Waals surface area contributed by atoms with Crippen LogP contribution < -0.4 is 5.73 Å². The smallest absolute Gasteiger partial charge is 0.324 e. The third kappa shape index (κ3) is 1.87. The number of nitrogens with zero attached hydrogens (tertiary/aromatic N) is 3.